The molecule has 214 valence electrons. The van der Waals surface area contributed by atoms with Gasteiger partial charge in [0, 0.05) is 11.1 Å². The van der Waals surface area contributed by atoms with E-state index < -0.39 is 14.7 Å². The quantitative estimate of drug-likeness (QED) is 0.186. The summed E-state index contributed by atoms with van der Waals surface area (Å²) in [6, 6.07) is 47.1. The summed E-state index contributed by atoms with van der Waals surface area (Å²) >= 11 is 0. The molecule has 0 amide bonds. The standard InChI is InChI=1S/C38H28O4P2/c39-43(37-15-7-3-11-33(37)31-9-1-5-13-35(31)41-43)29-23-19-27(20-24-29)17-18-28-21-25-30(26-22-28)44(40)38-16-8-4-12-34(38)32-10-2-6-14-36(32)42-44/h1-16,19-26H,17-18H2. The lowest BCUT2D eigenvalue weighted by atomic mass is 10.0. The van der Waals surface area contributed by atoms with Gasteiger partial charge >= 0.3 is 14.7 Å². The van der Waals surface area contributed by atoms with Crippen molar-refractivity contribution in [2.75, 3.05) is 0 Å². The van der Waals surface area contributed by atoms with Crippen molar-refractivity contribution in [3.8, 4) is 33.8 Å². The summed E-state index contributed by atoms with van der Waals surface area (Å²) in [5, 5.41) is 2.84. The van der Waals surface area contributed by atoms with Crippen LogP contribution in [0.2, 0.25) is 0 Å². The van der Waals surface area contributed by atoms with Crippen LogP contribution in [0.15, 0.2) is 146 Å². The predicted octanol–water partition coefficient (Wildman–Crippen LogP) is 8.05. The molecule has 2 aliphatic heterocycles. The first-order valence-corrected chi connectivity index (χ1v) is 17.9. The van der Waals surface area contributed by atoms with E-state index in [1.54, 1.807) is 0 Å². The molecule has 0 fully saturated rings. The Kier molecular flexibility index (Phi) is 6.45. The van der Waals surface area contributed by atoms with Gasteiger partial charge < -0.3 is 9.05 Å². The molecular weight excluding hydrogens is 582 g/mol. The fourth-order valence-corrected chi connectivity index (χ4v) is 10.7. The Morgan fingerprint density at radius 3 is 1.14 bits per heavy atom. The smallest absolute Gasteiger partial charge is 0.307 e. The minimum absolute atomic E-state index is 0.649. The second-order valence-corrected chi connectivity index (χ2v) is 15.7. The summed E-state index contributed by atoms with van der Waals surface area (Å²) in [4.78, 5) is 0. The van der Waals surface area contributed by atoms with Crippen LogP contribution in [0.4, 0.5) is 0 Å². The molecule has 2 heterocycles. The minimum atomic E-state index is -3.29. The number of rotatable bonds is 5. The second-order valence-electron chi connectivity index (χ2n) is 11.1. The van der Waals surface area contributed by atoms with Crippen molar-refractivity contribution < 1.29 is 18.2 Å². The predicted molar refractivity (Wildman–Crippen MR) is 179 cm³/mol. The zero-order chi connectivity index (χ0) is 29.7. The van der Waals surface area contributed by atoms with Crippen molar-refractivity contribution in [2.24, 2.45) is 0 Å². The van der Waals surface area contributed by atoms with Gasteiger partial charge in [0.05, 0.1) is 21.2 Å². The Bertz CT molecular complexity index is 1980. The van der Waals surface area contributed by atoms with Crippen molar-refractivity contribution in [3.05, 3.63) is 157 Å². The van der Waals surface area contributed by atoms with E-state index in [-0.39, 0.29) is 0 Å². The molecule has 4 nitrogen and oxygen atoms in total. The highest BCUT2D eigenvalue weighted by Gasteiger charge is 2.38. The van der Waals surface area contributed by atoms with Crippen LogP contribution in [0.1, 0.15) is 11.1 Å². The van der Waals surface area contributed by atoms with Crippen molar-refractivity contribution >= 4 is 36.0 Å². The normalized spacial score (nSPS) is 19.4. The summed E-state index contributed by atoms with van der Waals surface area (Å²) in [6.45, 7) is 0. The van der Waals surface area contributed by atoms with Gasteiger partial charge in [0.15, 0.2) is 0 Å². The number of hydrogen-bond acceptors (Lipinski definition) is 4. The summed E-state index contributed by atoms with van der Waals surface area (Å²) < 4.78 is 41.2. The van der Waals surface area contributed by atoms with E-state index in [1.165, 1.54) is 0 Å². The Hall–Kier alpha value is -4.62. The molecule has 2 unspecified atom stereocenters. The summed E-state index contributed by atoms with van der Waals surface area (Å²) in [5.41, 5.74) is 6.13. The third-order valence-electron chi connectivity index (χ3n) is 8.51. The molecule has 8 rings (SSSR count). The molecule has 0 N–H and O–H groups in total. The first kappa shape index (κ1) is 27.0. The topological polar surface area (TPSA) is 52.6 Å². The molecule has 6 heteroatoms. The molecule has 0 saturated carbocycles. The first-order valence-electron chi connectivity index (χ1n) is 14.7. The van der Waals surface area contributed by atoms with E-state index >= 15 is 0 Å². The van der Waals surface area contributed by atoms with E-state index in [0.29, 0.717) is 22.1 Å². The van der Waals surface area contributed by atoms with E-state index in [4.69, 9.17) is 9.05 Å². The van der Waals surface area contributed by atoms with Gasteiger partial charge in [-0.15, -0.1) is 0 Å². The fraction of sp³-hybridized carbons (Fsp3) is 0.0526. The van der Waals surface area contributed by atoms with Crippen LogP contribution in [0.5, 0.6) is 11.5 Å². The molecule has 0 saturated heterocycles. The summed E-state index contributed by atoms with van der Waals surface area (Å²) in [5.74, 6) is 1.30. The van der Waals surface area contributed by atoms with Crippen molar-refractivity contribution in [1.29, 1.82) is 0 Å². The van der Waals surface area contributed by atoms with Gasteiger partial charge in [-0.1, -0.05) is 97.1 Å². The van der Waals surface area contributed by atoms with Crippen LogP contribution in [-0.2, 0) is 22.0 Å². The number of hydrogen-bond donors (Lipinski definition) is 0. The molecule has 44 heavy (non-hydrogen) atoms. The molecule has 0 aliphatic carbocycles. The Morgan fingerprint density at radius 2 is 0.727 bits per heavy atom. The van der Waals surface area contributed by atoms with E-state index in [0.717, 1.165) is 56.8 Å². The van der Waals surface area contributed by atoms with E-state index in [9.17, 15) is 9.13 Å². The van der Waals surface area contributed by atoms with Gasteiger partial charge in [0.2, 0.25) is 0 Å². The van der Waals surface area contributed by atoms with Crippen LogP contribution < -0.4 is 30.3 Å². The highest BCUT2D eigenvalue weighted by molar-refractivity contribution is 7.75. The van der Waals surface area contributed by atoms with E-state index in [1.807, 2.05) is 146 Å². The van der Waals surface area contributed by atoms with Gasteiger partial charge in [-0.25, -0.2) is 0 Å². The summed E-state index contributed by atoms with van der Waals surface area (Å²) in [6.07, 6.45) is 1.63. The number of para-hydroxylation sites is 2. The second kappa shape index (κ2) is 10.5. The first-order chi connectivity index (χ1) is 21.5. The average molecular weight is 611 g/mol. The highest BCUT2D eigenvalue weighted by atomic mass is 31.2. The van der Waals surface area contributed by atoms with Crippen molar-refractivity contribution in [2.45, 2.75) is 12.8 Å². The van der Waals surface area contributed by atoms with Crippen LogP contribution >= 0.6 is 14.7 Å². The lowest BCUT2D eigenvalue weighted by Gasteiger charge is -2.29. The van der Waals surface area contributed by atoms with Crippen LogP contribution in [0.3, 0.4) is 0 Å². The van der Waals surface area contributed by atoms with Crippen molar-refractivity contribution in [1.82, 2.24) is 0 Å². The summed E-state index contributed by atoms with van der Waals surface area (Å²) in [7, 11) is -6.59. The van der Waals surface area contributed by atoms with Gasteiger partial charge in [-0.3, -0.25) is 9.13 Å². The van der Waals surface area contributed by atoms with Crippen LogP contribution in [0, 0.1) is 0 Å². The molecule has 0 radical (unpaired) electrons. The Labute approximate surface area is 256 Å². The molecule has 6 aromatic carbocycles. The maximum atomic E-state index is 14.4. The molecular formula is C38H28O4P2. The third-order valence-corrected chi connectivity index (χ3v) is 13.4. The van der Waals surface area contributed by atoms with Gasteiger partial charge in [0.25, 0.3) is 0 Å². The highest BCUT2D eigenvalue weighted by Crippen LogP contribution is 2.55. The number of benzene rings is 6. The van der Waals surface area contributed by atoms with E-state index in [2.05, 4.69) is 0 Å². The zero-order valence-corrected chi connectivity index (χ0v) is 25.6. The van der Waals surface area contributed by atoms with Gasteiger partial charge in [-0.05, 0) is 83.6 Å². The van der Waals surface area contributed by atoms with Crippen LogP contribution in [0.25, 0.3) is 22.3 Å². The maximum absolute atomic E-state index is 14.4. The zero-order valence-electron chi connectivity index (χ0n) is 23.8. The Morgan fingerprint density at radius 1 is 0.386 bits per heavy atom. The fourth-order valence-electron chi connectivity index (χ4n) is 6.22. The molecule has 0 aromatic heterocycles. The SMILES string of the molecule is O=P1(c2ccc(CCc3ccc(P4(=O)Oc5ccccc5-c5ccccc54)cc3)cc2)Oc2ccccc2-c2ccccc21. The minimum Gasteiger partial charge on any atom is -0.436 e. The maximum Gasteiger partial charge on any atom is 0.307 e. The lowest BCUT2D eigenvalue weighted by Crippen LogP contribution is -2.25. The lowest BCUT2D eigenvalue weighted by molar-refractivity contribution is 0.500. The van der Waals surface area contributed by atoms with Gasteiger partial charge in [0.1, 0.15) is 11.5 Å². The largest absolute Gasteiger partial charge is 0.436 e. The third kappa shape index (κ3) is 4.37. The number of aryl methyl sites for hydroxylation is 2. The molecule has 2 atom stereocenters. The number of fused-ring (bicyclic) bond motifs is 6. The molecule has 0 spiro atoms. The average Bonchev–Trinajstić information content (AvgIpc) is 3.08. The van der Waals surface area contributed by atoms with Crippen molar-refractivity contribution in [3.63, 3.8) is 0 Å². The molecule has 0 bridgehead atoms. The van der Waals surface area contributed by atoms with Crippen LogP contribution in [-0.4, -0.2) is 0 Å². The monoisotopic (exact) mass is 610 g/mol. The molecule has 2 aliphatic rings. The van der Waals surface area contributed by atoms with Gasteiger partial charge in [-0.2, -0.15) is 0 Å². The Balaban J connectivity index is 1.01. The molecule has 6 aromatic rings.